The Morgan fingerprint density at radius 3 is 2.50 bits per heavy atom. The number of hydrogen-bond acceptors (Lipinski definition) is 4. The number of ether oxygens (including phenoxy) is 1. The van der Waals surface area contributed by atoms with Crippen molar-refractivity contribution in [1.29, 1.82) is 0 Å². The Bertz CT molecular complexity index is 985. The van der Waals surface area contributed by atoms with Crippen LogP contribution in [0.2, 0.25) is 5.02 Å². The van der Waals surface area contributed by atoms with Crippen molar-refractivity contribution in [3.05, 3.63) is 81.3 Å². The van der Waals surface area contributed by atoms with Crippen LogP contribution in [0, 0.1) is 17.5 Å². The van der Waals surface area contributed by atoms with E-state index < -0.39 is 29.5 Å². The number of benzene rings is 2. The molecule has 0 radical (unpaired) electrons. The third kappa shape index (κ3) is 3.75. The normalized spacial score (nSPS) is 16.5. The highest BCUT2D eigenvalue weighted by molar-refractivity contribution is 6.31. The van der Waals surface area contributed by atoms with Gasteiger partial charge < -0.3 is 10.1 Å². The van der Waals surface area contributed by atoms with Crippen molar-refractivity contribution in [1.82, 2.24) is 5.32 Å². The zero-order chi connectivity index (χ0) is 20.4. The van der Waals surface area contributed by atoms with Crippen LogP contribution < -0.4 is 5.32 Å². The Labute approximate surface area is 164 Å². The molecule has 2 aromatic carbocycles. The SMILES string of the molecule is CCOC(=O)C1=C(C)NC(c2c(F)cccc2F)=NC1c1ccc(F)cc1Cl. The summed E-state index contributed by atoms with van der Waals surface area (Å²) < 4.78 is 47.1. The molecule has 146 valence electrons. The van der Waals surface area contributed by atoms with Crippen LogP contribution in [0.3, 0.4) is 0 Å². The predicted molar refractivity (Wildman–Crippen MR) is 99.5 cm³/mol. The maximum absolute atomic E-state index is 14.3. The van der Waals surface area contributed by atoms with Gasteiger partial charge >= 0.3 is 5.97 Å². The topological polar surface area (TPSA) is 50.7 Å². The van der Waals surface area contributed by atoms with E-state index in [4.69, 9.17) is 16.3 Å². The molecule has 1 heterocycles. The average Bonchev–Trinajstić information content (AvgIpc) is 2.61. The van der Waals surface area contributed by atoms with Crippen molar-refractivity contribution < 1.29 is 22.7 Å². The molecule has 1 N–H and O–H groups in total. The van der Waals surface area contributed by atoms with Gasteiger partial charge in [-0.15, -0.1) is 0 Å². The lowest BCUT2D eigenvalue weighted by Crippen LogP contribution is -2.34. The number of nitrogens with one attached hydrogen (secondary N) is 1. The van der Waals surface area contributed by atoms with Crippen LogP contribution >= 0.6 is 11.6 Å². The van der Waals surface area contributed by atoms with E-state index in [9.17, 15) is 18.0 Å². The van der Waals surface area contributed by atoms with Crippen molar-refractivity contribution in [2.45, 2.75) is 19.9 Å². The van der Waals surface area contributed by atoms with E-state index in [0.717, 1.165) is 18.2 Å². The first-order valence-corrected chi connectivity index (χ1v) is 8.83. The van der Waals surface area contributed by atoms with Gasteiger partial charge in [0.1, 0.15) is 29.3 Å². The molecule has 0 saturated heterocycles. The highest BCUT2D eigenvalue weighted by atomic mass is 35.5. The Morgan fingerprint density at radius 1 is 1.21 bits per heavy atom. The summed E-state index contributed by atoms with van der Waals surface area (Å²) in [7, 11) is 0. The number of hydrogen-bond donors (Lipinski definition) is 1. The summed E-state index contributed by atoms with van der Waals surface area (Å²) in [6.45, 7) is 3.33. The van der Waals surface area contributed by atoms with Crippen LogP contribution in [0.5, 0.6) is 0 Å². The Balaban J connectivity index is 2.19. The number of carbonyl (C=O) groups excluding carboxylic acids is 1. The molecule has 1 aliphatic rings. The maximum atomic E-state index is 14.3. The summed E-state index contributed by atoms with van der Waals surface area (Å²) >= 11 is 6.16. The van der Waals surface area contributed by atoms with E-state index in [1.165, 1.54) is 18.2 Å². The second-order valence-corrected chi connectivity index (χ2v) is 6.43. The quantitative estimate of drug-likeness (QED) is 0.747. The van der Waals surface area contributed by atoms with E-state index in [1.54, 1.807) is 13.8 Å². The minimum atomic E-state index is -1.03. The highest BCUT2D eigenvalue weighted by Gasteiger charge is 2.33. The molecule has 0 aromatic heterocycles. The largest absolute Gasteiger partial charge is 0.463 e. The number of allylic oxidation sites excluding steroid dienone is 1. The molecule has 0 saturated carbocycles. The molecule has 1 unspecified atom stereocenters. The molecular formula is C20H16ClF3N2O2. The van der Waals surface area contributed by atoms with Crippen LogP contribution in [-0.2, 0) is 9.53 Å². The van der Waals surface area contributed by atoms with Gasteiger partial charge in [-0.1, -0.05) is 23.7 Å². The van der Waals surface area contributed by atoms with Gasteiger partial charge in [-0.3, -0.25) is 4.99 Å². The minimum Gasteiger partial charge on any atom is -0.463 e. The van der Waals surface area contributed by atoms with Gasteiger partial charge in [0, 0.05) is 16.3 Å². The van der Waals surface area contributed by atoms with Crippen molar-refractivity contribution in [3.63, 3.8) is 0 Å². The van der Waals surface area contributed by atoms with Gasteiger partial charge in [0.05, 0.1) is 17.7 Å². The van der Waals surface area contributed by atoms with Crippen molar-refractivity contribution in [2.24, 2.45) is 4.99 Å². The van der Waals surface area contributed by atoms with E-state index >= 15 is 0 Å². The summed E-state index contributed by atoms with van der Waals surface area (Å²) in [5.74, 6) is -2.96. The molecular weight excluding hydrogens is 393 g/mol. The fraction of sp³-hybridized carbons (Fsp3) is 0.200. The fourth-order valence-corrected chi connectivity index (χ4v) is 3.22. The number of nitrogens with zero attached hydrogens (tertiary/aromatic N) is 1. The predicted octanol–water partition coefficient (Wildman–Crippen LogP) is 4.69. The third-order valence-corrected chi connectivity index (χ3v) is 4.52. The van der Waals surface area contributed by atoms with E-state index in [2.05, 4.69) is 10.3 Å². The van der Waals surface area contributed by atoms with Gasteiger partial charge in [-0.2, -0.15) is 0 Å². The lowest BCUT2D eigenvalue weighted by molar-refractivity contribution is -0.138. The lowest BCUT2D eigenvalue weighted by Gasteiger charge is -2.27. The molecule has 28 heavy (non-hydrogen) atoms. The van der Waals surface area contributed by atoms with Gasteiger partial charge in [0.2, 0.25) is 0 Å². The molecule has 0 bridgehead atoms. The summed E-state index contributed by atoms with van der Waals surface area (Å²) in [5.41, 5.74) is 0.363. The third-order valence-electron chi connectivity index (χ3n) is 4.19. The summed E-state index contributed by atoms with van der Waals surface area (Å²) in [6.07, 6.45) is 0. The number of halogens is 4. The minimum absolute atomic E-state index is 0.0265. The summed E-state index contributed by atoms with van der Waals surface area (Å²) in [6, 6.07) is 6.03. The zero-order valence-corrected chi connectivity index (χ0v) is 15.8. The average molecular weight is 409 g/mol. The molecule has 8 heteroatoms. The first kappa shape index (κ1) is 19.9. The molecule has 0 aliphatic carbocycles. The van der Waals surface area contributed by atoms with E-state index in [-0.39, 0.29) is 28.6 Å². The van der Waals surface area contributed by atoms with Crippen molar-refractivity contribution in [2.75, 3.05) is 6.61 Å². The molecule has 1 atom stereocenters. The van der Waals surface area contributed by atoms with E-state index in [0.29, 0.717) is 11.3 Å². The standard InChI is InChI=1S/C20H16ClF3N2O2/c1-3-28-20(27)16-10(2)25-19(17-14(23)5-4-6-15(17)24)26-18(16)12-8-7-11(22)9-13(12)21/h4-9,18H,3H2,1-2H3,(H,25,26). The Hall–Kier alpha value is -2.80. The van der Waals surface area contributed by atoms with Gasteiger partial charge in [0.25, 0.3) is 0 Å². The van der Waals surface area contributed by atoms with Crippen LogP contribution in [0.1, 0.15) is 31.0 Å². The lowest BCUT2D eigenvalue weighted by atomic mass is 9.95. The van der Waals surface area contributed by atoms with Crippen molar-refractivity contribution in [3.8, 4) is 0 Å². The van der Waals surface area contributed by atoms with Crippen LogP contribution in [0.4, 0.5) is 13.2 Å². The number of aliphatic imine (C=N–C) groups is 1. The molecule has 0 fully saturated rings. The number of amidine groups is 1. The molecule has 0 spiro atoms. The molecule has 3 rings (SSSR count). The number of esters is 1. The number of carbonyl (C=O) groups is 1. The Kier molecular flexibility index (Phi) is 5.74. The molecule has 2 aromatic rings. The number of rotatable bonds is 4. The van der Waals surface area contributed by atoms with Crippen LogP contribution in [-0.4, -0.2) is 18.4 Å². The fourth-order valence-electron chi connectivity index (χ4n) is 2.95. The smallest absolute Gasteiger partial charge is 0.338 e. The maximum Gasteiger partial charge on any atom is 0.338 e. The van der Waals surface area contributed by atoms with Gasteiger partial charge in [-0.25, -0.2) is 18.0 Å². The zero-order valence-electron chi connectivity index (χ0n) is 15.0. The first-order valence-electron chi connectivity index (χ1n) is 8.45. The van der Waals surface area contributed by atoms with Crippen LogP contribution in [0.25, 0.3) is 0 Å². The highest BCUT2D eigenvalue weighted by Crippen LogP contribution is 2.36. The summed E-state index contributed by atoms with van der Waals surface area (Å²) in [5, 5.41) is 2.79. The Morgan fingerprint density at radius 2 is 1.89 bits per heavy atom. The monoisotopic (exact) mass is 408 g/mol. The summed E-state index contributed by atoms with van der Waals surface area (Å²) in [4.78, 5) is 16.8. The van der Waals surface area contributed by atoms with Crippen molar-refractivity contribution >= 4 is 23.4 Å². The molecule has 4 nitrogen and oxygen atoms in total. The van der Waals surface area contributed by atoms with E-state index in [1.807, 2.05) is 0 Å². The second kappa shape index (κ2) is 8.06. The second-order valence-electron chi connectivity index (χ2n) is 6.03. The van der Waals surface area contributed by atoms with Gasteiger partial charge in [0.15, 0.2) is 0 Å². The molecule has 1 aliphatic heterocycles. The van der Waals surface area contributed by atoms with Crippen LogP contribution in [0.15, 0.2) is 52.7 Å². The first-order chi connectivity index (χ1) is 13.3. The molecule has 0 amide bonds. The van der Waals surface area contributed by atoms with Gasteiger partial charge in [-0.05, 0) is 38.1 Å².